The lowest BCUT2D eigenvalue weighted by atomic mass is 9.79. The maximum absolute atomic E-state index is 13.5. The van der Waals surface area contributed by atoms with Gasteiger partial charge in [0.2, 0.25) is 11.8 Å². The molecule has 0 spiro atoms. The van der Waals surface area contributed by atoms with Crippen molar-refractivity contribution in [2.75, 3.05) is 12.4 Å². The number of methoxy groups -OCH3 is 1. The summed E-state index contributed by atoms with van der Waals surface area (Å²) in [4.78, 5) is 65.0. The number of benzene rings is 1. The molecule has 4 bridgehead atoms. The van der Waals surface area contributed by atoms with E-state index in [9.17, 15) is 24.0 Å². The molecule has 5 unspecified atom stereocenters. The smallest absolute Gasteiger partial charge is 0.330 e. The third-order valence-corrected chi connectivity index (χ3v) is 11.0. The number of carbonyl (C=O) groups excluding carboxylic acids is 4. The van der Waals surface area contributed by atoms with Crippen LogP contribution in [-0.2, 0) is 25.7 Å². The van der Waals surface area contributed by atoms with E-state index in [1.165, 1.54) is 67.0 Å². The van der Waals surface area contributed by atoms with E-state index in [2.05, 4.69) is 36.6 Å². The van der Waals surface area contributed by atoms with Crippen LogP contribution in [0.15, 0.2) is 64.0 Å². The van der Waals surface area contributed by atoms with Gasteiger partial charge in [0, 0.05) is 27.5 Å². The maximum atomic E-state index is 13.5. The molecule has 0 aliphatic heterocycles. The van der Waals surface area contributed by atoms with Crippen LogP contribution in [0.25, 0.3) is 10.1 Å². The lowest BCUT2D eigenvalue weighted by molar-refractivity contribution is -0.134. The fourth-order valence-electron chi connectivity index (χ4n) is 7.46. The second kappa shape index (κ2) is 13.3. The van der Waals surface area contributed by atoms with Crippen LogP contribution >= 0.6 is 27.3 Å². The zero-order valence-corrected chi connectivity index (χ0v) is 27.2. The molecule has 3 amide bonds. The zero-order chi connectivity index (χ0) is 31.7. The highest BCUT2D eigenvalue weighted by Gasteiger charge is 2.54. The van der Waals surface area contributed by atoms with Crippen molar-refractivity contribution < 1.29 is 23.9 Å². The van der Waals surface area contributed by atoms with E-state index in [0.29, 0.717) is 22.6 Å². The number of halogens is 1. The lowest BCUT2D eigenvalue weighted by Crippen LogP contribution is -2.46. The first-order valence-electron chi connectivity index (χ1n) is 15.2. The van der Waals surface area contributed by atoms with Crippen LogP contribution in [0.2, 0.25) is 0 Å². The number of amides is 3. The molecule has 236 valence electrons. The number of anilines is 1. The number of hydrogen-bond donors (Lipinski definition) is 3. The second-order valence-electron chi connectivity index (χ2n) is 12.3. The van der Waals surface area contributed by atoms with Gasteiger partial charge in [-0.1, -0.05) is 22.0 Å². The van der Waals surface area contributed by atoms with Crippen LogP contribution in [0.3, 0.4) is 0 Å². The van der Waals surface area contributed by atoms with Gasteiger partial charge in [-0.05, 0) is 104 Å². The number of fused-ring (bicyclic) bond motifs is 1. The molecule has 4 aliphatic carbocycles. The molecule has 6 atom stereocenters. The van der Waals surface area contributed by atoms with Crippen molar-refractivity contribution in [2.24, 2.45) is 23.7 Å². The molecule has 1 aromatic carbocycles. The standard InChI is InChI=1S/C33H35BrN4O6S/c1-44-29(40)7-3-2-5-24(35-32(42)27-16-20-15-22(34)8-9-26(20)45-27)31(41)36-25-6-4-10-38(33(25)43)17-28(39)37-30-21-12-18-11-19(14-21)23(30)13-18/h3-4,6-10,15-16,18-19,21,23-24,30H,2,5,11-14,17H2,1H3,(H,35,42)(H,36,41)(H,37,39)/b7-3+/t18?,19?,21?,23?,24-,30?/m0/s1. The third-order valence-electron chi connectivity index (χ3n) is 9.38. The summed E-state index contributed by atoms with van der Waals surface area (Å²) in [5.74, 6) is 0.839. The van der Waals surface area contributed by atoms with E-state index in [0.717, 1.165) is 20.5 Å². The number of hydrogen-bond acceptors (Lipinski definition) is 7. The Kier molecular flexibility index (Phi) is 9.23. The summed E-state index contributed by atoms with van der Waals surface area (Å²) in [5.41, 5.74) is -0.509. The first-order valence-corrected chi connectivity index (χ1v) is 16.8. The Morgan fingerprint density at radius 1 is 1.11 bits per heavy atom. The van der Waals surface area contributed by atoms with E-state index in [4.69, 9.17) is 0 Å². The van der Waals surface area contributed by atoms with Crippen molar-refractivity contribution >= 4 is 66.7 Å². The Bertz CT molecular complexity index is 1730. The van der Waals surface area contributed by atoms with Crippen molar-refractivity contribution in [3.05, 3.63) is 74.5 Å². The van der Waals surface area contributed by atoms with Crippen LogP contribution in [0, 0.1) is 23.7 Å². The van der Waals surface area contributed by atoms with Crippen LogP contribution in [-0.4, -0.2) is 47.5 Å². The Morgan fingerprint density at radius 2 is 1.93 bits per heavy atom. The first-order chi connectivity index (χ1) is 21.7. The van der Waals surface area contributed by atoms with Gasteiger partial charge in [-0.15, -0.1) is 11.3 Å². The summed E-state index contributed by atoms with van der Waals surface area (Å²) in [6.45, 7) is -0.146. The topological polar surface area (TPSA) is 136 Å². The number of nitrogens with zero attached hydrogens (tertiary/aromatic N) is 1. The molecule has 2 heterocycles. The van der Waals surface area contributed by atoms with Gasteiger partial charge in [0.25, 0.3) is 11.5 Å². The van der Waals surface area contributed by atoms with E-state index < -0.39 is 29.4 Å². The fraction of sp³-hybridized carbons (Fsp3) is 0.424. The number of rotatable bonds is 11. The largest absolute Gasteiger partial charge is 0.466 e. The quantitative estimate of drug-likeness (QED) is 0.198. The average molecular weight is 696 g/mol. The summed E-state index contributed by atoms with van der Waals surface area (Å²) < 4.78 is 7.71. The highest BCUT2D eigenvalue weighted by Crippen LogP contribution is 2.58. The van der Waals surface area contributed by atoms with Gasteiger partial charge in [-0.3, -0.25) is 19.2 Å². The summed E-state index contributed by atoms with van der Waals surface area (Å²) in [5, 5.41) is 9.54. The molecule has 3 aromatic rings. The van der Waals surface area contributed by atoms with Gasteiger partial charge in [-0.25, -0.2) is 4.79 Å². The molecular weight excluding hydrogens is 660 g/mol. The minimum Gasteiger partial charge on any atom is -0.466 e. The summed E-state index contributed by atoms with van der Waals surface area (Å²) in [6.07, 6.45) is 9.62. The van der Waals surface area contributed by atoms with Gasteiger partial charge in [-0.2, -0.15) is 0 Å². The number of aromatic nitrogens is 1. The number of ether oxygens (including phenoxy) is 1. The second-order valence-corrected chi connectivity index (χ2v) is 14.3. The molecule has 4 saturated carbocycles. The maximum Gasteiger partial charge on any atom is 0.330 e. The number of nitrogens with one attached hydrogen (secondary N) is 3. The van der Waals surface area contributed by atoms with Crippen LogP contribution in [0.4, 0.5) is 5.69 Å². The van der Waals surface area contributed by atoms with Gasteiger partial charge in [0.15, 0.2) is 0 Å². The molecule has 4 aliphatic rings. The van der Waals surface area contributed by atoms with Gasteiger partial charge in [0.05, 0.1) is 12.0 Å². The molecule has 4 fully saturated rings. The van der Waals surface area contributed by atoms with Crippen molar-refractivity contribution in [3.8, 4) is 0 Å². The van der Waals surface area contributed by atoms with Crippen molar-refractivity contribution in [3.63, 3.8) is 0 Å². The fourth-order valence-corrected chi connectivity index (χ4v) is 8.78. The van der Waals surface area contributed by atoms with Crippen LogP contribution in [0.5, 0.6) is 0 Å². The minimum atomic E-state index is -1.01. The van der Waals surface area contributed by atoms with E-state index >= 15 is 0 Å². The van der Waals surface area contributed by atoms with Crippen LogP contribution in [0.1, 0.15) is 48.2 Å². The molecular formula is C33H35BrN4O6S. The highest BCUT2D eigenvalue weighted by atomic mass is 79.9. The first kappa shape index (κ1) is 31.2. The number of thiophene rings is 1. The molecule has 45 heavy (non-hydrogen) atoms. The average Bonchev–Trinajstić information content (AvgIpc) is 3.64. The third kappa shape index (κ3) is 6.91. The Balaban J connectivity index is 1.13. The molecule has 0 radical (unpaired) electrons. The normalized spacial score (nSPS) is 23.7. The molecule has 12 heteroatoms. The molecule has 7 rings (SSSR count). The van der Waals surface area contributed by atoms with Crippen molar-refractivity contribution in [1.82, 2.24) is 15.2 Å². The monoisotopic (exact) mass is 694 g/mol. The Hall–Kier alpha value is -3.77. The number of allylic oxidation sites excluding steroid dienone is 1. The van der Waals surface area contributed by atoms with Crippen molar-refractivity contribution in [1.29, 1.82) is 0 Å². The molecule has 0 saturated heterocycles. The molecule has 10 nitrogen and oxygen atoms in total. The summed E-state index contributed by atoms with van der Waals surface area (Å²) >= 11 is 4.74. The molecule has 3 N–H and O–H groups in total. The number of carbonyl (C=O) groups is 4. The molecule has 2 aromatic heterocycles. The van der Waals surface area contributed by atoms with Crippen LogP contribution < -0.4 is 21.5 Å². The van der Waals surface area contributed by atoms with Gasteiger partial charge < -0.3 is 25.3 Å². The number of pyridine rings is 1. The van der Waals surface area contributed by atoms with Gasteiger partial charge >= 0.3 is 5.97 Å². The predicted molar refractivity (Wildman–Crippen MR) is 175 cm³/mol. The van der Waals surface area contributed by atoms with E-state index in [1.807, 2.05) is 18.2 Å². The van der Waals surface area contributed by atoms with Gasteiger partial charge in [0.1, 0.15) is 18.3 Å². The lowest BCUT2D eigenvalue weighted by Gasteiger charge is -2.32. The minimum absolute atomic E-state index is 0.00456. The SMILES string of the molecule is COC(=O)/C=C/CC[C@H](NC(=O)c1cc2cc(Br)ccc2s1)C(=O)Nc1cccn(CC(=O)NC2C3CC4CC(C3)C2C4)c1=O. The summed E-state index contributed by atoms with van der Waals surface area (Å²) in [7, 11) is 1.27. The van der Waals surface area contributed by atoms with E-state index in [-0.39, 0.29) is 37.0 Å². The summed E-state index contributed by atoms with van der Waals surface area (Å²) in [6, 6.07) is 9.71. The number of esters is 1. The van der Waals surface area contributed by atoms with Crippen molar-refractivity contribution in [2.45, 2.75) is 57.2 Å². The predicted octanol–water partition coefficient (Wildman–Crippen LogP) is 4.62. The zero-order valence-electron chi connectivity index (χ0n) is 24.8. The Labute approximate surface area is 272 Å². The van der Waals surface area contributed by atoms with E-state index in [1.54, 1.807) is 18.2 Å². The highest BCUT2D eigenvalue weighted by molar-refractivity contribution is 9.10. The Morgan fingerprint density at radius 3 is 2.73 bits per heavy atom.